The molecular weight excluding hydrogens is 453 g/mol. The number of fused-ring (bicyclic) bond motifs is 1. The molecule has 4 aromatic rings. The maximum atomic E-state index is 13.3. The normalized spacial score (nSPS) is 13.5. The summed E-state index contributed by atoms with van der Waals surface area (Å²) in [6, 6.07) is 19.0. The highest BCUT2D eigenvalue weighted by Gasteiger charge is 2.28. The molecule has 1 N–H and O–H groups in total. The highest BCUT2D eigenvalue weighted by molar-refractivity contribution is 6.30. The van der Waals surface area contributed by atoms with Crippen LogP contribution in [-0.2, 0) is 4.79 Å². The van der Waals surface area contributed by atoms with E-state index in [9.17, 15) is 9.18 Å². The number of hydrogen-bond donors (Lipinski definition) is 1. The quantitative estimate of drug-likeness (QED) is 0.344. The Morgan fingerprint density at radius 2 is 1.74 bits per heavy atom. The van der Waals surface area contributed by atoms with Crippen LogP contribution in [0.25, 0.3) is 16.6 Å². The number of ether oxygens (including phenoxy) is 1. The van der Waals surface area contributed by atoms with Crippen LogP contribution < -0.4 is 10.1 Å². The van der Waals surface area contributed by atoms with Crippen LogP contribution in [0, 0.1) is 11.2 Å². The van der Waals surface area contributed by atoms with Crippen LogP contribution in [0.3, 0.4) is 0 Å². The smallest absolute Gasteiger partial charge is 0.225 e. The van der Waals surface area contributed by atoms with Gasteiger partial charge in [-0.3, -0.25) is 4.79 Å². The molecular formula is C27H27ClFN3O2. The molecule has 0 fully saturated rings. The van der Waals surface area contributed by atoms with Crippen molar-refractivity contribution >= 4 is 28.4 Å². The Hall–Kier alpha value is -3.38. The SMILES string of the molecule is C[C@H](NC(=O)C(C)(C)C)[C@H](Oc1ccc2c(cnn2-c2ccc(F)cc2)c1)c1ccc(Cl)cc1. The Bertz CT molecular complexity index is 1290. The summed E-state index contributed by atoms with van der Waals surface area (Å²) in [6.45, 7) is 7.55. The van der Waals surface area contributed by atoms with E-state index in [-0.39, 0.29) is 17.8 Å². The van der Waals surface area contributed by atoms with Gasteiger partial charge < -0.3 is 10.1 Å². The number of hydrogen-bond acceptors (Lipinski definition) is 3. The van der Waals surface area contributed by atoms with Gasteiger partial charge in [-0.15, -0.1) is 0 Å². The third-order valence-corrected chi connectivity index (χ3v) is 5.82. The van der Waals surface area contributed by atoms with Crippen molar-refractivity contribution in [2.75, 3.05) is 0 Å². The van der Waals surface area contributed by atoms with Gasteiger partial charge in [0.25, 0.3) is 0 Å². The van der Waals surface area contributed by atoms with Crippen LogP contribution in [0.4, 0.5) is 4.39 Å². The standard InChI is InChI=1S/C27H27ClFN3O2/c1-17(31-26(33)27(2,3)4)25(18-5-7-20(28)8-6-18)34-23-13-14-24-19(15-23)16-30-32(24)22-11-9-21(29)10-12-22/h5-17,25H,1-4H3,(H,31,33)/t17-,25-/m0/s1. The van der Waals surface area contributed by atoms with E-state index in [4.69, 9.17) is 16.3 Å². The molecule has 0 spiro atoms. The second kappa shape index (κ2) is 9.47. The average Bonchev–Trinajstić information content (AvgIpc) is 3.21. The predicted octanol–water partition coefficient (Wildman–Crippen LogP) is 6.49. The topological polar surface area (TPSA) is 56.1 Å². The second-order valence-electron chi connectivity index (χ2n) is 9.36. The third kappa shape index (κ3) is 5.23. The molecule has 0 aliphatic rings. The first-order chi connectivity index (χ1) is 16.1. The van der Waals surface area contributed by atoms with E-state index in [2.05, 4.69) is 10.4 Å². The first-order valence-electron chi connectivity index (χ1n) is 11.1. The van der Waals surface area contributed by atoms with Crippen LogP contribution in [0.15, 0.2) is 72.9 Å². The summed E-state index contributed by atoms with van der Waals surface area (Å²) in [6.07, 6.45) is 1.31. The van der Waals surface area contributed by atoms with Gasteiger partial charge in [0.15, 0.2) is 0 Å². The third-order valence-electron chi connectivity index (χ3n) is 5.57. The van der Waals surface area contributed by atoms with Gasteiger partial charge in [0, 0.05) is 15.8 Å². The molecule has 4 rings (SSSR count). The maximum absolute atomic E-state index is 13.3. The Morgan fingerprint density at radius 3 is 2.38 bits per heavy atom. The van der Waals surface area contributed by atoms with Crippen LogP contribution in [0.2, 0.25) is 5.02 Å². The zero-order chi connectivity index (χ0) is 24.5. The molecule has 5 nitrogen and oxygen atoms in total. The summed E-state index contributed by atoms with van der Waals surface area (Å²) in [5.74, 6) is 0.290. The molecule has 0 radical (unpaired) electrons. The van der Waals surface area contributed by atoms with Gasteiger partial charge in [0.2, 0.25) is 5.91 Å². The number of amides is 1. The second-order valence-corrected chi connectivity index (χ2v) is 9.79. The number of aromatic nitrogens is 2. The Kier molecular flexibility index (Phi) is 6.62. The monoisotopic (exact) mass is 479 g/mol. The molecule has 0 saturated carbocycles. The van der Waals surface area contributed by atoms with Crippen molar-refractivity contribution in [3.05, 3.63) is 89.3 Å². The van der Waals surface area contributed by atoms with Gasteiger partial charge in [-0.05, 0) is 67.1 Å². The van der Waals surface area contributed by atoms with Gasteiger partial charge in [0.1, 0.15) is 17.7 Å². The van der Waals surface area contributed by atoms with Crippen LogP contribution >= 0.6 is 11.6 Å². The van der Waals surface area contributed by atoms with E-state index in [0.29, 0.717) is 10.8 Å². The molecule has 0 aliphatic carbocycles. The average molecular weight is 480 g/mol. The lowest BCUT2D eigenvalue weighted by Gasteiger charge is -2.29. The molecule has 1 heterocycles. The highest BCUT2D eigenvalue weighted by atomic mass is 35.5. The lowest BCUT2D eigenvalue weighted by molar-refractivity contribution is -0.129. The number of halogens is 2. The fraction of sp³-hybridized carbons (Fsp3) is 0.259. The predicted molar refractivity (Wildman–Crippen MR) is 133 cm³/mol. The van der Waals surface area contributed by atoms with Crippen molar-refractivity contribution in [3.63, 3.8) is 0 Å². The molecule has 3 aromatic carbocycles. The molecule has 0 unspecified atom stereocenters. The first-order valence-corrected chi connectivity index (χ1v) is 11.5. The van der Waals surface area contributed by atoms with Gasteiger partial charge in [-0.1, -0.05) is 44.5 Å². The van der Waals surface area contributed by atoms with Gasteiger partial charge in [-0.2, -0.15) is 5.10 Å². The van der Waals surface area contributed by atoms with Crippen molar-refractivity contribution in [2.24, 2.45) is 5.41 Å². The minimum atomic E-state index is -0.521. The molecule has 0 bridgehead atoms. The molecule has 1 amide bonds. The van der Waals surface area contributed by atoms with Crippen molar-refractivity contribution in [1.82, 2.24) is 15.1 Å². The summed E-state index contributed by atoms with van der Waals surface area (Å²) in [5, 5.41) is 9.03. The minimum absolute atomic E-state index is 0.0569. The van der Waals surface area contributed by atoms with Crippen molar-refractivity contribution in [3.8, 4) is 11.4 Å². The fourth-order valence-corrected chi connectivity index (χ4v) is 3.76. The number of nitrogens with one attached hydrogen (secondary N) is 1. The summed E-state index contributed by atoms with van der Waals surface area (Å²) >= 11 is 6.09. The largest absolute Gasteiger partial charge is 0.484 e. The molecule has 0 saturated heterocycles. The zero-order valence-corrected chi connectivity index (χ0v) is 20.3. The van der Waals surface area contributed by atoms with E-state index in [0.717, 1.165) is 22.2 Å². The summed E-state index contributed by atoms with van der Waals surface area (Å²) in [5.41, 5.74) is 2.01. The maximum Gasteiger partial charge on any atom is 0.225 e. The van der Waals surface area contributed by atoms with E-state index in [1.807, 2.05) is 70.2 Å². The van der Waals surface area contributed by atoms with Gasteiger partial charge in [-0.25, -0.2) is 9.07 Å². The lowest BCUT2D eigenvalue weighted by Crippen LogP contribution is -2.44. The van der Waals surface area contributed by atoms with Crippen LogP contribution in [0.1, 0.15) is 39.4 Å². The van der Waals surface area contributed by atoms with E-state index >= 15 is 0 Å². The number of benzene rings is 3. The van der Waals surface area contributed by atoms with Crippen molar-refractivity contribution in [2.45, 2.75) is 39.8 Å². The van der Waals surface area contributed by atoms with E-state index in [1.54, 1.807) is 23.0 Å². The Morgan fingerprint density at radius 1 is 1.06 bits per heavy atom. The Balaban J connectivity index is 1.63. The zero-order valence-electron chi connectivity index (χ0n) is 19.5. The van der Waals surface area contributed by atoms with Gasteiger partial charge >= 0.3 is 0 Å². The summed E-state index contributed by atoms with van der Waals surface area (Å²) in [7, 11) is 0. The highest BCUT2D eigenvalue weighted by Crippen LogP contribution is 2.30. The van der Waals surface area contributed by atoms with Crippen LogP contribution in [-0.4, -0.2) is 21.7 Å². The minimum Gasteiger partial charge on any atom is -0.484 e. The van der Waals surface area contributed by atoms with E-state index < -0.39 is 11.5 Å². The van der Waals surface area contributed by atoms with Crippen molar-refractivity contribution in [1.29, 1.82) is 0 Å². The molecule has 34 heavy (non-hydrogen) atoms. The van der Waals surface area contributed by atoms with Crippen LogP contribution in [0.5, 0.6) is 5.75 Å². The number of carbonyl (C=O) groups excluding carboxylic acids is 1. The number of rotatable bonds is 6. The Labute approximate surface area is 203 Å². The fourth-order valence-electron chi connectivity index (χ4n) is 3.63. The van der Waals surface area contributed by atoms with E-state index in [1.165, 1.54) is 12.1 Å². The molecule has 176 valence electrons. The summed E-state index contributed by atoms with van der Waals surface area (Å²) < 4.78 is 21.5. The lowest BCUT2D eigenvalue weighted by atomic mass is 9.94. The number of carbonyl (C=O) groups is 1. The molecule has 2 atom stereocenters. The molecule has 0 aliphatic heterocycles. The summed E-state index contributed by atoms with van der Waals surface area (Å²) in [4.78, 5) is 12.6. The first kappa shape index (κ1) is 23.8. The molecule has 7 heteroatoms. The van der Waals surface area contributed by atoms with Crippen molar-refractivity contribution < 1.29 is 13.9 Å². The van der Waals surface area contributed by atoms with Gasteiger partial charge in [0.05, 0.1) is 23.4 Å². The molecule has 1 aromatic heterocycles. The number of nitrogens with zero attached hydrogens (tertiary/aromatic N) is 2.